The lowest BCUT2D eigenvalue weighted by atomic mass is 10.2. The van der Waals surface area contributed by atoms with E-state index in [-0.39, 0.29) is 19.1 Å². The minimum Gasteiger partial charge on any atom is -0.480 e. The number of carbonyl (C=O) groups excluding carboxylic acids is 1. The fraction of sp³-hybridized carbons (Fsp3) is 0.429. The number of carbonyl (C=O) groups is 2. The molecule has 0 aromatic heterocycles. The molecule has 1 rings (SSSR count). The number of benzene rings is 1. The van der Waals surface area contributed by atoms with Gasteiger partial charge in [0.05, 0.1) is 6.61 Å². The van der Waals surface area contributed by atoms with Gasteiger partial charge in [0.25, 0.3) is 0 Å². The number of nitrogens with zero attached hydrogens (tertiary/aromatic N) is 2. The molecule has 0 radical (unpaired) electrons. The van der Waals surface area contributed by atoms with Gasteiger partial charge in [0, 0.05) is 26.4 Å². The molecule has 0 fully saturated rings. The minimum absolute atomic E-state index is 0.234. The maximum absolute atomic E-state index is 12.3. The van der Waals surface area contributed by atoms with Gasteiger partial charge >= 0.3 is 12.0 Å². The van der Waals surface area contributed by atoms with Crippen molar-refractivity contribution in [1.29, 1.82) is 0 Å². The summed E-state index contributed by atoms with van der Waals surface area (Å²) in [6.07, 6.45) is 0. The van der Waals surface area contributed by atoms with Crippen LogP contribution in [-0.4, -0.2) is 55.9 Å². The zero-order valence-corrected chi connectivity index (χ0v) is 12.0. The van der Waals surface area contributed by atoms with Gasteiger partial charge < -0.3 is 14.7 Å². The molecule has 1 N–H and O–H groups in total. The summed E-state index contributed by atoms with van der Waals surface area (Å²) in [6, 6.07) is 7.09. The van der Waals surface area contributed by atoms with E-state index in [0.717, 1.165) is 11.3 Å². The van der Waals surface area contributed by atoms with E-state index in [9.17, 15) is 9.59 Å². The van der Waals surface area contributed by atoms with Crippen LogP contribution in [0, 0.1) is 6.92 Å². The molecular weight excluding hydrogens is 260 g/mol. The van der Waals surface area contributed by atoms with Gasteiger partial charge in [0.1, 0.15) is 6.54 Å². The Hall–Kier alpha value is -2.08. The average molecular weight is 280 g/mol. The predicted octanol–water partition coefficient (Wildman–Crippen LogP) is 1.58. The first kappa shape index (κ1) is 16.0. The molecule has 20 heavy (non-hydrogen) atoms. The van der Waals surface area contributed by atoms with Gasteiger partial charge in [-0.3, -0.25) is 9.69 Å². The van der Waals surface area contributed by atoms with E-state index in [1.807, 2.05) is 25.1 Å². The van der Waals surface area contributed by atoms with Crippen LogP contribution in [0.3, 0.4) is 0 Å². The van der Waals surface area contributed by atoms with E-state index >= 15 is 0 Å². The number of carboxylic acid groups (broad SMARTS) is 1. The Morgan fingerprint density at radius 1 is 1.35 bits per heavy atom. The number of rotatable bonds is 6. The molecule has 6 heteroatoms. The topological polar surface area (TPSA) is 70.1 Å². The smallest absolute Gasteiger partial charge is 0.324 e. The average Bonchev–Trinajstić information content (AvgIpc) is 2.41. The van der Waals surface area contributed by atoms with E-state index < -0.39 is 5.97 Å². The molecule has 2 amide bonds. The molecule has 0 aliphatic rings. The normalized spacial score (nSPS) is 10.2. The molecule has 0 spiro atoms. The number of methoxy groups -OCH3 is 1. The molecule has 110 valence electrons. The third kappa shape index (κ3) is 4.55. The Kier molecular flexibility index (Phi) is 5.99. The fourth-order valence-corrected chi connectivity index (χ4v) is 1.77. The van der Waals surface area contributed by atoms with Crippen molar-refractivity contribution in [3.8, 4) is 0 Å². The Morgan fingerprint density at radius 2 is 2.05 bits per heavy atom. The zero-order valence-electron chi connectivity index (χ0n) is 12.0. The van der Waals surface area contributed by atoms with Gasteiger partial charge in [-0.05, 0) is 24.6 Å². The van der Waals surface area contributed by atoms with Crippen LogP contribution in [0.15, 0.2) is 24.3 Å². The van der Waals surface area contributed by atoms with Crippen LogP contribution in [0.4, 0.5) is 10.5 Å². The van der Waals surface area contributed by atoms with Crippen LogP contribution in [0.1, 0.15) is 5.56 Å². The van der Waals surface area contributed by atoms with Gasteiger partial charge in [-0.2, -0.15) is 0 Å². The van der Waals surface area contributed by atoms with Gasteiger partial charge in [0.15, 0.2) is 0 Å². The molecular formula is C14H20N2O4. The van der Waals surface area contributed by atoms with Crippen LogP contribution in [0.5, 0.6) is 0 Å². The van der Waals surface area contributed by atoms with E-state index in [0.29, 0.717) is 6.61 Å². The largest absolute Gasteiger partial charge is 0.480 e. The summed E-state index contributed by atoms with van der Waals surface area (Å²) in [6.45, 7) is 2.11. The molecule has 0 aliphatic carbocycles. The number of anilines is 1. The van der Waals surface area contributed by atoms with Crippen molar-refractivity contribution in [2.45, 2.75) is 6.92 Å². The minimum atomic E-state index is -1.05. The highest BCUT2D eigenvalue weighted by atomic mass is 16.5. The van der Waals surface area contributed by atoms with Gasteiger partial charge in [-0.15, -0.1) is 0 Å². The molecule has 0 aliphatic heterocycles. The van der Waals surface area contributed by atoms with Gasteiger partial charge in [-0.25, -0.2) is 4.79 Å². The second kappa shape index (κ2) is 7.49. The highest BCUT2D eigenvalue weighted by molar-refractivity contribution is 5.93. The zero-order chi connectivity index (χ0) is 15.1. The van der Waals surface area contributed by atoms with Crippen molar-refractivity contribution in [2.24, 2.45) is 0 Å². The van der Waals surface area contributed by atoms with Crippen LogP contribution < -0.4 is 4.90 Å². The highest BCUT2D eigenvalue weighted by Gasteiger charge is 2.21. The maximum atomic E-state index is 12.3. The molecule has 0 unspecified atom stereocenters. The van der Waals surface area contributed by atoms with E-state index in [4.69, 9.17) is 9.84 Å². The Balaban J connectivity index is 2.84. The molecule has 1 aromatic carbocycles. The molecule has 0 atom stereocenters. The summed E-state index contributed by atoms with van der Waals surface area (Å²) in [5.41, 5.74) is 1.76. The summed E-state index contributed by atoms with van der Waals surface area (Å²) in [5, 5.41) is 8.88. The molecule has 0 saturated heterocycles. The van der Waals surface area contributed by atoms with Gasteiger partial charge in [-0.1, -0.05) is 12.1 Å². The summed E-state index contributed by atoms with van der Waals surface area (Å²) in [5.74, 6) is -1.05. The first-order chi connectivity index (χ1) is 9.45. The van der Waals surface area contributed by atoms with Crippen molar-refractivity contribution in [1.82, 2.24) is 4.90 Å². The third-order valence-electron chi connectivity index (χ3n) is 2.84. The second-order valence-electron chi connectivity index (χ2n) is 4.49. The first-order valence-electron chi connectivity index (χ1n) is 6.25. The monoisotopic (exact) mass is 280 g/mol. The highest BCUT2D eigenvalue weighted by Crippen LogP contribution is 2.15. The Morgan fingerprint density at radius 3 is 2.60 bits per heavy atom. The third-order valence-corrected chi connectivity index (χ3v) is 2.84. The lowest BCUT2D eigenvalue weighted by Gasteiger charge is -2.27. The number of amides is 2. The predicted molar refractivity (Wildman–Crippen MR) is 76.1 cm³/mol. The van der Waals surface area contributed by atoms with Crippen LogP contribution in [0.2, 0.25) is 0 Å². The lowest BCUT2D eigenvalue weighted by molar-refractivity contribution is -0.137. The molecule has 1 aromatic rings. The van der Waals surface area contributed by atoms with Crippen LogP contribution in [-0.2, 0) is 9.53 Å². The summed E-state index contributed by atoms with van der Waals surface area (Å²) < 4.78 is 4.90. The van der Waals surface area contributed by atoms with Crippen molar-refractivity contribution in [3.63, 3.8) is 0 Å². The molecule has 0 bridgehead atoms. The number of hydrogen-bond acceptors (Lipinski definition) is 3. The SMILES string of the molecule is COCCN(CC(=O)O)C(=O)N(C)c1cccc(C)c1. The summed E-state index contributed by atoms with van der Waals surface area (Å²) in [4.78, 5) is 25.8. The Labute approximate surface area is 118 Å². The molecule has 0 saturated carbocycles. The van der Waals surface area contributed by atoms with E-state index in [2.05, 4.69) is 0 Å². The van der Waals surface area contributed by atoms with E-state index in [1.165, 1.54) is 16.9 Å². The number of carboxylic acids is 1. The standard InChI is InChI=1S/C14H20N2O4/c1-11-5-4-6-12(9-11)15(2)14(19)16(7-8-20-3)10-13(17)18/h4-6,9H,7-8,10H2,1-3H3,(H,17,18). The summed E-state index contributed by atoms with van der Waals surface area (Å²) in [7, 11) is 3.13. The molecule has 6 nitrogen and oxygen atoms in total. The van der Waals surface area contributed by atoms with Crippen LogP contribution in [0.25, 0.3) is 0 Å². The van der Waals surface area contributed by atoms with Crippen LogP contribution >= 0.6 is 0 Å². The van der Waals surface area contributed by atoms with Crippen molar-refractivity contribution < 1.29 is 19.4 Å². The second-order valence-corrected chi connectivity index (χ2v) is 4.49. The van der Waals surface area contributed by atoms with Gasteiger partial charge in [0.2, 0.25) is 0 Å². The fourth-order valence-electron chi connectivity index (χ4n) is 1.77. The maximum Gasteiger partial charge on any atom is 0.324 e. The van der Waals surface area contributed by atoms with Crippen molar-refractivity contribution in [3.05, 3.63) is 29.8 Å². The molecule has 0 heterocycles. The number of aryl methyl sites for hydroxylation is 1. The number of ether oxygens (including phenoxy) is 1. The van der Waals surface area contributed by atoms with Crippen molar-refractivity contribution >= 4 is 17.7 Å². The summed E-state index contributed by atoms with van der Waals surface area (Å²) >= 11 is 0. The van der Waals surface area contributed by atoms with Crippen molar-refractivity contribution in [2.75, 3.05) is 38.8 Å². The first-order valence-corrected chi connectivity index (χ1v) is 6.25. The number of urea groups is 1. The van der Waals surface area contributed by atoms with E-state index in [1.54, 1.807) is 13.1 Å². The lowest BCUT2D eigenvalue weighted by Crippen LogP contribution is -2.45. The number of aliphatic carboxylic acids is 1. The Bertz CT molecular complexity index is 476. The quantitative estimate of drug-likeness (QED) is 0.859. The number of hydrogen-bond donors (Lipinski definition) is 1.